The molecule has 0 fully saturated rings. The first kappa shape index (κ1) is 24.3. The first-order valence-electron chi connectivity index (χ1n) is 14.1. The Morgan fingerprint density at radius 1 is 0.452 bits per heavy atom. The van der Waals surface area contributed by atoms with E-state index in [1.807, 2.05) is 55.7 Å². The monoisotopic (exact) mass is 538 g/mol. The molecule has 1 aliphatic rings. The molecule has 3 nitrogen and oxygen atoms in total. The highest BCUT2D eigenvalue weighted by atomic mass is 16.5. The van der Waals surface area contributed by atoms with Crippen LogP contribution >= 0.6 is 0 Å². The Bertz CT molecular complexity index is 2120. The molecule has 7 aromatic rings. The normalized spacial score (nSPS) is 11.5. The number of benzene rings is 5. The molecule has 8 rings (SSSR count). The minimum absolute atomic E-state index is 0.760. The molecule has 0 unspecified atom stereocenters. The van der Waals surface area contributed by atoms with Gasteiger partial charge in [0, 0.05) is 29.1 Å². The van der Waals surface area contributed by atoms with Crippen LogP contribution in [0.4, 0.5) is 0 Å². The lowest BCUT2D eigenvalue weighted by molar-refractivity contribution is 0.483. The summed E-state index contributed by atoms with van der Waals surface area (Å²) in [7, 11) is 0. The van der Waals surface area contributed by atoms with E-state index in [1.54, 1.807) is 0 Å². The molecule has 0 atom stereocenters. The Hall–Kier alpha value is -5.54. The summed E-state index contributed by atoms with van der Waals surface area (Å²) in [4.78, 5) is 9.55. The largest absolute Gasteiger partial charge is 0.457 e. The van der Waals surface area contributed by atoms with Gasteiger partial charge in [0.1, 0.15) is 11.5 Å². The predicted molar refractivity (Wildman–Crippen MR) is 172 cm³/mol. The van der Waals surface area contributed by atoms with Gasteiger partial charge in [-0.2, -0.15) is 0 Å². The fourth-order valence-corrected chi connectivity index (χ4v) is 6.01. The van der Waals surface area contributed by atoms with E-state index in [1.165, 1.54) is 38.6 Å². The van der Waals surface area contributed by atoms with Crippen molar-refractivity contribution in [2.45, 2.75) is 6.92 Å². The average Bonchev–Trinajstić information content (AvgIpc) is 3.16. The van der Waals surface area contributed by atoms with Gasteiger partial charge in [-0.1, -0.05) is 91.0 Å². The maximum absolute atomic E-state index is 6.34. The molecule has 0 radical (unpaired) electrons. The van der Waals surface area contributed by atoms with Gasteiger partial charge in [0.05, 0.1) is 11.4 Å². The number of ether oxygens (including phenoxy) is 1. The van der Waals surface area contributed by atoms with Crippen LogP contribution in [-0.4, -0.2) is 9.97 Å². The molecule has 0 saturated carbocycles. The van der Waals surface area contributed by atoms with Crippen LogP contribution in [0.25, 0.3) is 66.7 Å². The van der Waals surface area contributed by atoms with Gasteiger partial charge in [0.15, 0.2) is 0 Å². The summed E-state index contributed by atoms with van der Waals surface area (Å²) in [6, 6.07) is 44.3. The van der Waals surface area contributed by atoms with Gasteiger partial charge in [-0.15, -0.1) is 0 Å². The van der Waals surface area contributed by atoms with Gasteiger partial charge < -0.3 is 4.74 Å². The zero-order chi connectivity index (χ0) is 28.0. The topological polar surface area (TPSA) is 35.0 Å². The van der Waals surface area contributed by atoms with E-state index < -0.39 is 0 Å². The summed E-state index contributed by atoms with van der Waals surface area (Å²) in [5.74, 6) is 1.53. The molecule has 2 aromatic heterocycles. The van der Waals surface area contributed by atoms with E-state index in [-0.39, 0.29) is 0 Å². The lowest BCUT2D eigenvalue weighted by Gasteiger charge is -2.13. The molecule has 1 aliphatic carbocycles. The smallest absolute Gasteiger partial charge is 0.128 e. The van der Waals surface area contributed by atoms with E-state index >= 15 is 0 Å². The number of nitrogens with zero attached hydrogens (tertiary/aromatic N) is 2. The highest BCUT2D eigenvalue weighted by Gasteiger charge is 2.22. The van der Waals surface area contributed by atoms with Crippen molar-refractivity contribution in [3.05, 3.63) is 145 Å². The first-order valence-corrected chi connectivity index (χ1v) is 14.1. The van der Waals surface area contributed by atoms with E-state index in [4.69, 9.17) is 9.72 Å². The van der Waals surface area contributed by atoms with Crippen LogP contribution in [0.3, 0.4) is 0 Å². The number of aryl methyl sites for hydroxylation is 1. The van der Waals surface area contributed by atoms with Crippen molar-refractivity contribution in [3.63, 3.8) is 0 Å². The molecule has 42 heavy (non-hydrogen) atoms. The summed E-state index contributed by atoms with van der Waals surface area (Å²) in [6.07, 6.45) is 3.92. The van der Waals surface area contributed by atoms with Gasteiger partial charge in [0.2, 0.25) is 0 Å². The lowest BCUT2D eigenvalue weighted by atomic mass is 9.94. The SMILES string of the molecule is Cc1ccc(-c2cccc(Oc3cccc(-c4cc5c(cn4)-c4cccc6cccc(c46)-c4ccccc4-5)c3)c2)nc1. The Labute approximate surface area is 244 Å². The van der Waals surface area contributed by atoms with Crippen molar-refractivity contribution in [2.24, 2.45) is 0 Å². The van der Waals surface area contributed by atoms with Crippen LogP contribution in [0, 0.1) is 6.92 Å². The molecule has 198 valence electrons. The summed E-state index contributed by atoms with van der Waals surface area (Å²) in [5, 5.41) is 2.52. The maximum atomic E-state index is 6.34. The van der Waals surface area contributed by atoms with Crippen LogP contribution in [-0.2, 0) is 0 Å². The maximum Gasteiger partial charge on any atom is 0.128 e. The molecule has 3 heteroatoms. The Morgan fingerprint density at radius 2 is 1.05 bits per heavy atom. The van der Waals surface area contributed by atoms with Crippen LogP contribution in [0.2, 0.25) is 0 Å². The molecular weight excluding hydrogens is 512 g/mol. The predicted octanol–water partition coefficient (Wildman–Crippen LogP) is 10.4. The van der Waals surface area contributed by atoms with Crippen LogP contribution in [0.15, 0.2) is 140 Å². The second-order valence-electron chi connectivity index (χ2n) is 10.7. The fraction of sp³-hybridized carbons (Fsp3) is 0.0256. The number of pyridine rings is 2. The Balaban J connectivity index is 1.19. The van der Waals surface area contributed by atoms with Gasteiger partial charge in [-0.25, -0.2) is 0 Å². The average molecular weight is 539 g/mol. The molecule has 0 saturated heterocycles. The van der Waals surface area contributed by atoms with Crippen molar-refractivity contribution in [1.29, 1.82) is 0 Å². The third-order valence-electron chi connectivity index (χ3n) is 8.01. The number of hydrogen-bond donors (Lipinski definition) is 0. The van der Waals surface area contributed by atoms with Crippen LogP contribution in [0.1, 0.15) is 5.56 Å². The van der Waals surface area contributed by atoms with E-state index in [9.17, 15) is 0 Å². The lowest BCUT2D eigenvalue weighted by Crippen LogP contribution is -1.92. The first-order chi connectivity index (χ1) is 20.7. The van der Waals surface area contributed by atoms with Crippen molar-refractivity contribution in [3.8, 4) is 67.4 Å². The Kier molecular flexibility index (Phi) is 5.68. The highest BCUT2D eigenvalue weighted by molar-refractivity contribution is 6.13. The van der Waals surface area contributed by atoms with E-state index in [0.717, 1.165) is 45.1 Å². The van der Waals surface area contributed by atoms with Crippen molar-refractivity contribution in [2.75, 3.05) is 0 Å². The summed E-state index contributed by atoms with van der Waals surface area (Å²) in [6.45, 7) is 2.04. The Morgan fingerprint density at radius 3 is 1.74 bits per heavy atom. The van der Waals surface area contributed by atoms with Crippen LogP contribution in [0.5, 0.6) is 11.5 Å². The van der Waals surface area contributed by atoms with Gasteiger partial charge in [-0.05, 0) is 87.5 Å². The summed E-state index contributed by atoms with van der Waals surface area (Å²) >= 11 is 0. The van der Waals surface area contributed by atoms with Crippen LogP contribution < -0.4 is 4.74 Å². The van der Waals surface area contributed by atoms with Crippen molar-refractivity contribution in [1.82, 2.24) is 9.97 Å². The molecule has 0 bridgehead atoms. The number of hydrogen-bond acceptors (Lipinski definition) is 3. The van der Waals surface area contributed by atoms with Gasteiger partial charge >= 0.3 is 0 Å². The molecule has 0 N–H and O–H groups in total. The minimum Gasteiger partial charge on any atom is -0.457 e. The number of rotatable bonds is 4. The highest BCUT2D eigenvalue weighted by Crippen LogP contribution is 2.47. The van der Waals surface area contributed by atoms with Crippen molar-refractivity contribution >= 4 is 10.8 Å². The molecule has 0 aliphatic heterocycles. The summed E-state index contributed by atoms with van der Waals surface area (Å²) in [5.41, 5.74) is 12.3. The van der Waals surface area contributed by atoms with E-state index in [0.29, 0.717) is 0 Å². The number of fused-ring (bicyclic) bond motifs is 5. The number of aromatic nitrogens is 2. The van der Waals surface area contributed by atoms with Crippen molar-refractivity contribution < 1.29 is 4.74 Å². The molecular formula is C39H26N2O. The molecule has 5 aromatic carbocycles. The second-order valence-corrected chi connectivity index (χ2v) is 10.7. The van der Waals surface area contributed by atoms with E-state index in [2.05, 4.69) is 96.0 Å². The third-order valence-corrected chi connectivity index (χ3v) is 8.01. The third kappa shape index (κ3) is 4.15. The standard InChI is InChI=1S/C39H26N2O/c1-25-18-19-37(40-23-25)27-10-4-12-29(20-27)42-30-13-5-11-28(21-30)38-22-35-32-15-3-2-14-31(32)33-16-6-8-26-9-7-17-34(39(26)33)36(35)24-41-38/h2-24H,1H3. The summed E-state index contributed by atoms with van der Waals surface area (Å²) < 4.78 is 6.34. The van der Waals surface area contributed by atoms with Gasteiger partial charge in [0.25, 0.3) is 0 Å². The second kappa shape index (κ2) is 9.83. The quantitative estimate of drug-likeness (QED) is 0.224. The zero-order valence-corrected chi connectivity index (χ0v) is 23.1. The molecule has 2 heterocycles. The fourth-order valence-electron chi connectivity index (χ4n) is 6.01. The molecule has 0 spiro atoms. The molecule has 0 amide bonds. The zero-order valence-electron chi connectivity index (χ0n) is 23.1. The van der Waals surface area contributed by atoms with Gasteiger partial charge in [-0.3, -0.25) is 9.97 Å². The minimum atomic E-state index is 0.760.